The standard InChI is InChI=1S/C21H18ClN3O3/c1-12-17(9-15-10-20(26)24-23-15)18-11-16(28-2)7-8-19(18)25(12)21(27)13-3-5-14(22)6-4-13/h3-8,10-11H,9H2,1-2H3,(H2,23,24,26). The predicted molar refractivity (Wildman–Crippen MR) is 109 cm³/mol. The molecule has 0 atom stereocenters. The van der Waals surface area contributed by atoms with Crippen molar-refractivity contribution >= 4 is 28.4 Å². The summed E-state index contributed by atoms with van der Waals surface area (Å²) < 4.78 is 7.06. The minimum Gasteiger partial charge on any atom is -0.497 e. The highest BCUT2D eigenvalue weighted by Gasteiger charge is 2.21. The molecule has 2 aromatic heterocycles. The van der Waals surface area contributed by atoms with Crippen molar-refractivity contribution in [3.63, 3.8) is 0 Å². The number of benzene rings is 2. The van der Waals surface area contributed by atoms with Crippen molar-refractivity contribution in [3.8, 4) is 5.75 Å². The van der Waals surface area contributed by atoms with E-state index in [0.29, 0.717) is 22.8 Å². The maximum Gasteiger partial charge on any atom is 0.264 e. The lowest BCUT2D eigenvalue weighted by atomic mass is 10.1. The lowest BCUT2D eigenvalue weighted by Crippen LogP contribution is -2.13. The summed E-state index contributed by atoms with van der Waals surface area (Å²) in [6.07, 6.45) is 0.481. The second kappa shape index (κ2) is 7.05. The van der Waals surface area contributed by atoms with Crippen molar-refractivity contribution in [2.75, 3.05) is 7.11 Å². The molecule has 142 valence electrons. The van der Waals surface area contributed by atoms with E-state index < -0.39 is 0 Å². The molecule has 28 heavy (non-hydrogen) atoms. The molecule has 4 rings (SSSR count). The lowest BCUT2D eigenvalue weighted by Gasteiger charge is -2.08. The number of aromatic amines is 2. The maximum atomic E-state index is 13.2. The number of ether oxygens (including phenoxy) is 1. The average Bonchev–Trinajstić information content (AvgIpc) is 3.22. The molecule has 2 heterocycles. The van der Waals surface area contributed by atoms with Crippen molar-refractivity contribution in [3.05, 3.63) is 86.4 Å². The first-order chi connectivity index (χ1) is 13.5. The van der Waals surface area contributed by atoms with E-state index in [4.69, 9.17) is 16.3 Å². The van der Waals surface area contributed by atoms with E-state index in [-0.39, 0.29) is 11.5 Å². The van der Waals surface area contributed by atoms with Gasteiger partial charge in [-0.2, -0.15) is 0 Å². The number of rotatable bonds is 4. The van der Waals surface area contributed by atoms with Crippen LogP contribution in [0.2, 0.25) is 5.02 Å². The molecule has 0 aliphatic carbocycles. The summed E-state index contributed by atoms with van der Waals surface area (Å²) in [7, 11) is 1.60. The number of H-pyrrole nitrogens is 2. The Labute approximate surface area is 165 Å². The van der Waals surface area contributed by atoms with Crippen molar-refractivity contribution in [2.45, 2.75) is 13.3 Å². The van der Waals surface area contributed by atoms with Gasteiger partial charge in [0.15, 0.2) is 0 Å². The van der Waals surface area contributed by atoms with Gasteiger partial charge in [0.05, 0.1) is 12.6 Å². The molecule has 0 radical (unpaired) electrons. The van der Waals surface area contributed by atoms with Gasteiger partial charge < -0.3 is 9.84 Å². The van der Waals surface area contributed by atoms with Crippen LogP contribution in [0.1, 0.15) is 27.3 Å². The van der Waals surface area contributed by atoms with E-state index >= 15 is 0 Å². The molecule has 0 fully saturated rings. The van der Waals surface area contributed by atoms with E-state index in [1.807, 2.05) is 25.1 Å². The molecule has 0 spiro atoms. The highest BCUT2D eigenvalue weighted by Crippen LogP contribution is 2.31. The molecule has 0 bridgehead atoms. The summed E-state index contributed by atoms with van der Waals surface area (Å²) >= 11 is 5.95. The number of fused-ring (bicyclic) bond motifs is 1. The molecule has 0 saturated heterocycles. The van der Waals surface area contributed by atoms with Gasteiger partial charge in [-0.3, -0.25) is 19.3 Å². The predicted octanol–water partition coefficient (Wildman–Crippen LogP) is 3.91. The number of halogens is 1. The molecule has 0 aliphatic rings. The lowest BCUT2D eigenvalue weighted by molar-refractivity contribution is 0.0963. The first kappa shape index (κ1) is 18.1. The highest BCUT2D eigenvalue weighted by atomic mass is 35.5. The third kappa shape index (κ3) is 3.12. The van der Waals surface area contributed by atoms with Crippen LogP contribution in [0, 0.1) is 6.92 Å². The van der Waals surface area contributed by atoms with Gasteiger partial charge in [0.25, 0.3) is 11.5 Å². The summed E-state index contributed by atoms with van der Waals surface area (Å²) in [6.45, 7) is 1.90. The summed E-state index contributed by atoms with van der Waals surface area (Å²) in [5.74, 6) is 0.561. The zero-order valence-electron chi connectivity index (χ0n) is 15.4. The Morgan fingerprint density at radius 1 is 1.11 bits per heavy atom. The second-order valence-corrected chi connectivity index (χ2v) is 6.99. The van der Waals surface area contributed by atoms with Crippen LogP contribution in [0.3, 0.4) is 0 Å². The monoisotopic (exact) mass is 395 g/mol. The first-order valence-electron chi connectivity index (χ1n) is 8.72. The highest BCUT2D eigenvalue weighted by molar-refractivity contribution is 6.30. The molecule has 2 aromatic carbocycles. The van der Waals surface area contributed by atoms with E-state index in [9.17, 15) is 9.59 Å². The number of carbonyl (C=O) groups excluding carboxylic acids is 1. The van der Waals surface area contributed by atoms with Gasteiger partial charge in [0.2, 0.25) is 0 Å². The zero-order chi connectivity index (χ0) is 19.8. The Hall–Kier alpha value is -3.25. The van der Waals surface area contributed by atoms with Crippen LogP contribution in [-0.2, 0) is 6.42 Å². The molecular weight excluding hydrogens is 378 g/mol. The molecule has 7 heteroatoms. The Morgan fingerprint density at radius 3 is 2.50 bits per heavy atom. The molecule has 4 aromatic rings. The van der Waals surface area contributed by atoms with E-state index in [0.717, 1.165) is 27.9 Å². The fraction of sp³-hybridized carbons (Fsp3) is 0.143. The molecule has 0 amide bonds. The number of aromatic nitrogens is 3. The van der Waals surface area contributed by atoms with Crippen LogP contribution in [0.25, 0.3) is 10.9 Å². The number of nitrogens with one attached hydrogen (secondary N) is 2. The van der Waals surface area contributed by atoms with Crippen LogP contribution in [0.4, 0.5) is 0 Å². The van der Waals surface area contributed by atoms with Gasteiger partial charge >= 0.3 is 0 Å². The van der Waals surface area contributed by atoms with Gasteiger partial charge in [-0.15, -0.1) is 0 Å². The van der Waals surface area contributed by atoms with Gasteiger partial charge in [-0.25, -0.2) is 0 Å². The molecular formula is C21H18ClN3O3. The molecule has 0 unspecified atom stereocenters. The minimum absolute atomic E-state index is 0.141. The van der Waals surface area contributed by atoms with Crippen LogP contribution in [0.5, 0.6) is 5.75 Å². The quantitative estimate of drug-likeness (QED) is 0.549. The Kier molecular flexibility index (Phi) is 4.57. The van der Waals surface area contributed by atoms with Crippen LogP contribution >= 0.6 is 11.6 Å². The van der Waals surface area contributed by atoms with E-state index in [1.165, 1.54) is 6.07 Å². The largest absolute Gasteiger partial charge is 0.497 e. The minimum atomic E-state index is -0.189. The molecule has 0 saturated carbocycles. The smallest absolute Gasteiger partial charge is 0.264 e. The van der Waals surface area contributed by atoms with Crippen LogP contribution < -0.4 is 10.3 Å². The molecule has 6 nitrogen and oxygen atoms in total. The fourth-order valence-electron chi connectivity index (χ4n) is 3.45. The summed E-state index contributed by atoms with van der Waals surface area (Å²) in [6, 6.07) is 14.0. The number of hydrogen-bond acceptors (Lipinski definition) is 3. The average molecular weight is 396 g/mol. The third-order valence-electron chi connectivity index (χ3n) is 4.85. The molecule has 0 aliphatic heterocycles. The number of hydrogen-bond donors (Lipinski definition) is 2. The van der Waals surface area contributed by atoms with Crippen LogP contribution in [-0.4, -0.2) is 27.8 Å². The van der Waals surface area contributed by atoms with Crippen molar-refractivity contribution < 1.29 is 9.53 Å². The zero-order valence-corrected chi connectivity index (χ0v) is 16.1. The number of nitrogens with zero attached hydrogens (tertiary/aromatic N) is 1. The van der Waals surface area contributed by atoms with Crippen LogP contribution in [0.15, 0.2) is 53.3 Å². The SMILES string of the molecule is COc1ccc2c(c1)c(Cc1cc(=O)[nH][nH]1)c(C)n2C(=O)c1ccc(Cl)cc1. The Bertz CT molecular complexity index is 1230. The van der Waals surface area contributed by atoms with Gasteiger partial charge in [0, 0.05) is 39.8 Å². The summed E-state index contributed by atoms with van der Waals surface area (Å²) in [4.78, 5) is 24.7. The maximum absolute atomic E-state index is 13.2. The Morgan fingerprint density at radius 2 is 1.86 bits per heavy atom. The topological polar surface area (TPSA) is 79.9 Å². The van der Waals surface area contributed by atoms with Gasteiger partial charge in [0.1, 0.15) is 5.75 Å². The third-order valence-corrected chi connectivity index (χ3v) is 5.11. The van der Waals surface area contributed by atoms with Gasteiger partial charge in [-0.05, 0) is 55.0 Å². The first-order valence-corrected chi connectivity index (χ1v) is 9.10. The summed E-state index contributed by atoms with van der Waals surface area (Å²) in [5, 5.41) is 6.90. The molecule has 2 N–H and O–H groups in total. The van der Waals surface area contributed by atoms with Crippen molar-refractivity contribution in [1.82, 2.24) is 14.8 Å². The Balaban J connectivity index is 1.90. The second-order valence-electron chi connectivity index (χ2n) is 6.56. The van der Waals surface area contributed by atoms with Gasteiger partial charge in [-0.1, -0.05) is 11.6 Å². The van der Waals surface area contributed by atoms with E-state index in [1.54, 1.807) is 35.9 Å². The normalized spacial score (nSPS) is 11.1. The number of methoxy groups -OCH3 is 1. The van der Waals surface area contributed by atoms with Crippen molar-refractivity contribution in [2.24, 2.45) is 0 Å². The van der Waals surface area contributed by atoms with E-state index in [2.05, 4.69) is 10.2 Å². The van der Waals surface area contributed by atoms with Crippen molar-refractivity contribution in [1.29, 1.82) is 0 Å². The fourth-order valence-corrected chi connectivity index (χ4v) is 3.58. The summed E-state index contributed by atoms with van der Waals surface area (Å²) in [5.41, 5.74) is 3.64. The number of carbonyl (C=O) groups is 1.